The van der Waals surface area contributed by atoms with Gasteiger partial charge >= 0.3 is 5.97 Å². The van der Waals surface area contributed by atoms with Crippen LogP contribution in [0.2, 0.25) is 0 Å². The van der Waals surface area contributed by atoms with E-state index in [-0.39, 0.29) is 29.8 Å². The van der Waals surface area contributed by atoms with E-state index in [1.807, 2.05) is 19.9 Å². The number of methoxy groups -OCH3 is 1. The average molecular weight is 680 g/mol. The summed E-state index contributed by atoms with van der Waals surface area (Å²) in [6.45, 7) is 9.78. The Morgan fingerprint density at radius 1 is 1.06 bits per heavy atom. The lowest BCUT2D eigenvalue weighted by Crippen LogP contribution is -2.41. The van der Waals surface area contributed by atoms with Crippen LogP contribution in [-0.2, 0) is 31.2 Å². The summed E-state index contributed by atoms with van der Waals surface area (Å²) in [5.41, 5.74) is 4.85. The van der Waals surface area contributed by atoms with Crippen molar-refractivity contribution in [2.24, 2.45) is 0 Å². The highest BCUT2D eigenvalue weighted by Gasteiger charge is 2.35. The molecular weight excluding hydrogens is 630 g/mol. The Labute approximate surface area is 288 Å². The summed E-state index contributed by atoms with van der Waals surface area (Å²) in [5.74, 6) is 2.66. The smallest absolute Gasteiger partial charge is 0.337 e. The lowest BCUT2D eigenvalue weighted by Gasteiger charge is -2.31. The first kappa shape index (κ1) is 37.0. The van der Waals surface area contributed by atoms with Gasteiger partial charge in [-0.3, -0.25) is 9.59 Å². The number of nitrogens with zero attached hydrogens (tertiary/aromatic N) is 2. The molecule has 11 heteroatoms. The molecule has 0 saturated carbocycles. The highest BCUT2D eigenvalue weighted by molar-refractivity contribution is 7.99. The van der Waals surface area contributed by atoms with Gasteiger partial charge in [0.15, 0.2) is 0 Å². The molecule has 2 amide bonds. The third kappa shape index (κ3) is 10.6. The lowest BCUT2D eigenvalue weighted by molar-refractivity contribution is -0.131. The van der Waals surface area contributed by atoms with Crippen molar-refractivity contribution in [1.29, 1.82) is 0 Å². The molecule has 0 radical (unpaired) electrons. The monoisotopic (exact) mass is 679 g/mol. The maximum atomic E-state index is 13.4. The molecule has 0 aliphatic carbocycles. The number of nitrogens with one attached hydrogen (secondary N) is 1. The summed E-state index contributed by atoms with van der Waals surface area (Å²) in [6.07, 6.45) is 3.96. The Kier molecular flexibility index (Phi) is 14.4. The van der Waals surface area contributed by atoms with Crippen molar-refractivity contribution in [1.82, 2.24) is 15.4 Å². The number of rotatable bonds is 18. The Bertz CT molecular complexity index is 1470. The molecule has 1 N–H and O–H groups in total. The number of thioether (sulfide) groups is 1. The summed E-state index contributed by atoms with van der Waals surface area (Å²) >= 11 is 1.62. The normalized spacial score (nSPS) is 16.5. The SMILES string of the molecule is COC(=O)c1ccc(OCCOCCNC(=O)CCc2ccccc2C(C)CC2CCC(C)N2C(=O)CSCc2c(C)noc2C)cc1. The molecule has 48 heavy (non-hydrogen) atoms. The Hall–Kier alpha value is -3.83. The van der Waals surface area contributed by atoms with Crippen molar-refractivity contribution in [2.45, 2.75) is 83.6 Å². The molecule has 3 unspecified atom stereocenters. The van der Waals surface area contributed by atoms with Gasteiger partial charge in [-0.2, -0.15) is 0 Å². The van der Waals surface area contributed by atoms with Gasteiger partial charge in [0.25, 0.3) is 0 Å². The minimum atomic E-state index is -0.391. The van der Waals surface area contributed by atoms with E-state index in [0.717, 1.165) is 42.0 Å². The molecule has 1 aliphatic heterocycles. The number of amides is 2. The number of hydrogen-bond donors (Lipinski definition) is 1. The van der Waals surface area contributed by atoms with E-state index in [1.165, 1.54) is 18.2 Å². The summed E-state index contributed by atoms with van der Waals surface area (Å²) < 4.78 is 21.2. The molecule has 3 atom stereocenters. The van der Waals surface area contributed by atoms with Crippen LogP contribution in [-0.4, -0.2) is 79.2 Å². The zero-order chi connectivity index (χ0) is 34.5. The van der Waals surface area contributed by atoms with Crippen LogP contribution in [0.25, 0.3) is 0 Å². The number of carbonyl (C=O) groups excluding carboxylic acids is 3. The first-order chi connectivity index (χ1) is 23.2. The van der Waals surface area contributed by atoms with Gasteiger partial charge < -0.3 is 29.0 Å². The molecule has 260 valence electrons. The molecule has 2 heterocycles. The highest BCUT2D eigenvalue weighted by Crippen LogP contribution is 2.34. The standard InChI is InChI=1S/C37H49N3O7S/c1-25(22-31-14-10-26(2)40(31)36(42)24-48-23-34-27(3)39-47-28(34)4)33-9-7-6-8-29(33)13-17-35(41)38-18-19-45-20-21-46-32-15-11-30(12-16-32)37(43)44-5/h6-9,11-12,15-16,25-26,31H,10,13-14,17-24H2,1-5H3,(H,38,41). The first-order valence-electron chi connectivity index (χ1n) is 16.7. The maximum absolute atomic E-state index is 13.4. The number of benzene rings is 2. The van der Waals surface area contributed by atoms with Crippen LogP contribution in [0, 0.1) is 13.8 Å². The number of esters is 1. The molecule has 2 aromatic carbocycles. The number of ether oxygens (including phenoxy) is 3. The second-order valence-electron chi connectivity index (χ2n) is 12.3. The van der Waals surface area contributed by atoms with Gasteiger partial charge in [0, 0.05) is 36.4 Å². The molecule has 4 rings (SSSR count). The van der Waals surface area contributed by atoms with Crippen molar-refractivity contribution in [3.8, 4) is 5.75 Å². The molecule has 10 nitrogen and oxygen atoms in total. The number of aryl methyl sites for hydroxylation is 3. The summed E-state index contributed by atoms with van der Waals surface area (Å²) in [7, 11) is 1.34. The Morgan fingerprint density at radius 2 is 1.83 bits per heavy atom. The van der Waals surface area contributed by atoms with Crippen LogP contribution in [0.3, 0.4) is 0 Å². The molecule has 1 fully saturated rings. The minimum Gasteiger partial charge on any atom is -0.491 e. The van der Waals surface area contributed by atoms with Gasteiger partial charge in [0.2, 0.25) is 11.8 Å². The van der Waals surface area contributed by atoms with E-state index in [1.54, 1.807) is 36.0 Å². The van der Waals surface area contributed by atoms with E-state index >= 15 is 0 Å². The maximum Gasteiger partial charge on any atom is 0.337 e. The molecule has 0 bridgehead atoms. The number of carbonyl (C=O) groups is 3. The molecule has 1 aliphatic rings. The fourth-order valence-corrected chi connectivity index (χ4v) is 7.32. The van der Waals surface area contributed by atoms with Gasteiger partial charge in [-0.1, -0.05) is 36.3 Å². The number of likely N-dealkylation sites (tertiary alicyclic amines) is 1. The molecule has 1 saturated heterocycles. The lowest BCUT2D eigenvalue weighted by atomic mass is 9.88. The van der Waals surface area contributed by atoms with E-state index < -0.39 is 5.97 Å². The third-order valence-corrected chi connectivity index (χ3v) is 9.84. The van der Waals surface area contributed by atoms with Gasteiger partial charge in [0.1, 0.15) is 18.1 Å². The predicted octanol–water partition coefficient (Wildman–Crippen LogP) is 6.03. The summed E-state index contributed by atoms with van der Waals surface area (Å²) in [6, 6.07) is 15.5. The Balaban J connectivity index is 1.16. The number of hydrogen-bond acceptors (Lipinski definition) is 9. The predicted molar refractivity (Wildman–Crippen MR) is 186 cm³/mol. The molecule has 1 aromatic heterocycles. The average Bonchev–Trinajstić information content (AvgIpc) is 3.62. The van der Waals surface area contributed by atoms with Gasteiger partial charge in [-0.05, 0) is 87.8 Å². The second-order valence-corrected chi connectivity index (χ2v) is 13.3. The zero-order valence-electron chi connectivity index (χ0n) is 28.8. The fraction of sp³-hybridized carbons (Fsp3) is 0.514. The van der Waals surface area contributed by atoms with Crippen LogP contribution in [0.15, 0.2) is 53.1 Å². The molecule has 3 aromatic rings. The van der Waals surface area contributed by atoms with Gasteiger partial charge in [0.05, 0.1) is 37.3 Å². The third-order valence-electron chi connectivity index (χ3n) is 8.90. The van der Waals surface area contributed by atoms with Crippen molar-refractivity contribution < 1.29 is 33.1 Å². The molecular formula is C37H49N3O7S. The highest BCUT2D eigenvalue weighted by atomic mass is 32.2. The summed E-state index contributed by atoms with van der Waals surface area (Å²) in [5, 5.41) is 6.97. The van der Waals surface area contributed by atoms with E-state index in [0.29, 0.717) is 56.3 Å². The summed E-state index contributed by atoms with van der Waals surface area (Å²) in [4.78, 5) is 39.6. The van der Waals surface area contributed by atoms with Crippen molar-refractivity contribution in [2.75, 3.05) is 39.2 Å². The van der Waals surface area contributed by atoms with E-state index in [4.69, 9.17) is 18.7 Å². The second kappa shape index (κ2) is 18.6. The Morgan fingerprint density at radius 3 is 2.56 bits per heavy atom. The van der Waals surface area contributed by atoms with Crippen molar-refractivity contribution >= 4 is 29.5 Å². The van der Waals surface area contributed by atoms with Gasteiger partial charge in [-0.15, -0.1) is 11.8 Å². The fourth-order valence-electron chi connectivity index (χ4n) is 6.28. The molecule has 0 spiro atoms. The van der Waals surface area contributed by atoms with Crippen LogP contribution in [0.5, 0.6) is 5.75 Å². The van der Waals surface area contributed by atoms with E-state index in [2.05, 4.69) is 47.4 Å². The van der Waals surface area contributed by atoms with Crippen LogP contribution < -0.4 is 10.1 Å². The number of aromatic nitrogens is 1. The zero-order valence-corrected chi connectivity index (χ0v) is 29.6. The van der Waals surface area contributed by atoms with Crippen molar-refractivity contribution in [3.63, 3.8) is 0 Å². The van der Waals surface area contributed by atoms with Crippen LogP contribution in [0.4, 0.5) is 0 Å². The largest absolute Gasteiger partial charge is 0.491 e. The first-order valence-corrected chi connectivity index (χ1v) is 17.9. The topological polar surface area (TPSA) is 120 Å². The quantitative estimate of drug-likeness (QED) is 0.127. The van der Waals surface area contributed by atoms with Gasteiger partial charge in [-0.25, -0.2) is 4.79 Å². The minimum absolute atomic E-state index is 0.0153. The van der Waals surface area contributed by atoms with Crippen LogP contribution in [0.1, 0.15) is 84.0 Å². The van der Waals surface area contributed by atoms with Crippen molar-refractivity contribution in [3.05, 3.63) is 82.2 Å². The van der Waals surface area contributed by atoms with E-state index in [9.17, 15) is 14.4 Å². The van der Waals surface area contributed by atoms with Crippen LogP contribution >= 0.6 is 11.8 Å².